The number of carbonyl (C=O) groups is 1. The Morgan fingerprint density at radius 2 is 1.32 bits per heavy atom. The Hall–Kier alpha value is -0.530. The van der Waals surface area contributed by atoms with Crippen molar-refractivity contribution in [2.75, 3.05) is 6.54 Å². The van der Waals surface area contributed by atoms with E-state index in [4.69, 9.17) is 0 Å². The van der Waals surface area contributed by atoms with Gasteiger partial charge in [0.1, 0.15) is 0 Å². The summed E-state index contributed by atoms with van der Waals surface area (Å²) in [6.45, 7) is 14.3. The molecule has 0 heterocycles. The Balaban J connectivity index is 3.40. The summed E-state index contributed by atoms with van der Waals surface area (Å²) in [5.41, 5.74) is 0.755. The molecule has 0 rings (SSSR count). The van der Waals surface area contributed by atoms with Crippen molar-refractivity contribution in [1.82, 2.24) is 5.32 Å². The quantitative estimate of drug-likeness (QED) is 0.622. The van der Waals surface area contributed by atoms with Crippen LogP contribution in [-0.2, 0) is 4.79 Å². The summed E-state index contributed by atoms with van der Waals surface area (Å²) in [7, 11) is 0. The third-order valence-corrected chi connectivity index (χ3v) is 3.28. The Bertz CT molecular complexity index is 245. The SMILES string of the molecule is CC(C)(C)CCCCCCC(=O)NCCC(C)(C)C. The van der Waals surface area contributed by atoms with Crippen LogP contribution in [0.2, 0.25) is 0 Å². The maximum Gasteiger partial charge on any atom is 0.219 e. The first-order chi connectivity index (χ1) is 8.60. The second kappa shape index (κ2) is 8.60. The second-order valence-corrected chi connectivity index (χ2v) is 8.14. The molecule has 0 atom stereocenters. The van der Waals surface area contributed by atoms with Crippen molar-refractivity contribution in [2.45, 2.75) is 86.5 Å². The van der Waals surface area contributed by atoms with Crippen molar-refractivity contribution >= 4 is 5.91 Å². The van der Waals surface area contributed by atoms with Gasteiger partial charge in [0.15, 0.2) is 0 Å². The molecule has 0 aromatic heterocycles. The topological polar surface area (TPSA) is 29.1 Å². The maximum absolute atomic E-state index is 11.6. The number of amides is 1. The van der Waals surface area contributed by atoms with Gasteiger partial charge in [-0.25, -0.2) is 0 Å². The molecule has 0 saturated carbocycles. The summed E-state index contributed by atoms with van der Waals surface area (Å²) in [6.07, 6.45) is 7.78. The van der Waals surface area contributed by atoms with Crippen LogP contribution < -0.4 is 5.32 Å². The highest BCUT2D eigenvalue weighted by atomic mass is 16.1. The molecule has 0 aliphatic rings. The number of hydrogen-bond acceptors (Lipinski definition) is 1. The van der Waals surface area contributed by atoms with Crippen molar-refractivity contribution < 1.29 is 4.79 Å². The summed E-state index contributed by atoms with van der Waals surface area (Å²) in [6, 6.07) is 0. The van der Waals surface area contributed by atoms with E-state index >= 15 is 0 Å². The van der Waals surface area contributed by atoms with E-state index in [0.717, 1.165) is 19.4 Å². The van der Waals surface area contributed by atoms with Gasteiger partial charge in [-0.1, -0.05) is 60.8 Å². The molecule has 2 nitrogen and oxygen atoms in total. The lowest BCUT2D eigenvalue weighted by molar-refractivity contribution is -0.121. The predicted molar refractivity (Wildman–Crippen MR) is 84.2 cm³/mol. The van der Waals surface area contributed by atoms with Crippen molar-refractivity contribution in [3.05, 3.63) is 0 Å². The molecule has 114 valence electrons. The van der Waals surface area contributed by atoms with Crippen LogP contribution in [0.25, 0.3) is 0 Å². The second-order valence-electron chi connectivity index (χ2n) is 8.14. The van der Waals surface area contributed by atoms with Crippen LogP contribution in [0.15, 0.2) is 0 Å². The number of carbonyl (C=O) groups excluding carboxylic acids is 1. The minimum absolute atomic E-state index is 0.222. The van der Waals surface area contributed by atoms with Crippen LogP contribution in [-0.4, -0.2) is 12.5 Å². The van der Waals surface area contributed by atoms with Crippen LogP contribution >= 0.6 is 0 Å². The fourth-order valence-electron chi connectivity index (χ4n) is 1.96. The van der Waals surface area contributed by atoms with E-state index in [2.05, 4.69) is 46.9 Å². The van der Waals surface area contributed by atoms with Gasteiger partial charge in [-0.05, 0) is 30.1 Å². The molecule has 1 amide bonds. The fraction of sp³-hybridized carbons (Fsp3) is 0.941. The molecule has 0 radical (unpaired) electrons. The average Bonchev–Trinajstić information content (AvgIpc) is 2.19. The van der Waals surface area contributed by atoms with Gasteiger partial charge in [-0.15, -0.1) is 0 Å². The largest absolute Gasteiger partial charge is 0.356 e. The molecular formula is C17H35NO. The first-order valence-electron chi connectivity index (χ1n) is 7.87. The van der Waals surface area contributed by atoms with Crippen LogP contribution in [0.4, 0.5) is 0 Å². The van der Waals surface area contributed by atoms with Crippen molar-refractivity contribution in [1.29, 1.82) is 0 Å². The van der Waals surface area contributed by atoms with E-state index in [1.165, 1.54) is 25.7 Å². The van der Waals surface area contributed by atoms with E-state index in [9.17, 15) is 4.79 Å². The van der Waals surface area contributed by atoms with Crippen molar-refractivity contribution in [3.63, 3.8) is 0 Å². The summed E-state index contributed by atoms with van der Waals surface area (Å²) in [5.74, 6) is 0.222. The molecule has 0 spiro atoms. The fourth-order valence-corrected chi connectivity index (χ4v) is 1.96. The first-order valence-corrected chi connectivity index (χ1v) is 7.87. The molecule has 0 bridgehead atoms. The van der Waals surface area contributed by atoms with Gasteiger partial charge in [-0.3, -0.25) is 4.79 Å². The number of nitrogens with one attached hydrogen (secondary N) is 1. The maximum atomic E-state index is 11.6. The lowest BCUT2D eigenvalue weighted by atomic mass is 9.89. The van der Waals surface area contributed by atoms with Crippen molar-refractivity contribution in [2.24, 2.45) is 10.8 Å². The number of hydrogen-bond donors (Lipinski definition) is 1. The van der Waals surface area contributed by atoms with Crippen LogP contribution in [0.1, 0.15) is 86.5 Å². The Kier molecular flexibility index (Phi) is 8.36. The smallest absolute Gasteiger partial charge is 0.219 e. The molecule has 0 unspecified atom stereocenters. The van der Waals surface area contributed by atoms with E-state index < -0.39 is 0 Å². The van der Waals surface area contributed by atoms with Crippen LogP contribution in [0.5, 0.6) is 0 Å². The Morgan fingerprint density at radius 1 is 0.789 bits per heavy atom. The Labute approximate surface area is 120 Å². The predicted octanol–water partition coefficient (Wildman–Crippen LogP) is 4.93. The van der Waals surface area contributed by atoms with Gasteiger partial charge in [-0.2, -0.15) is 0 Å². The van der Waals surface area contributed by atoms with Gasteiger partial charge in [0.05, 0.1) is 0 Å². The molecule has 0 aliphatic carbocycles. The zero-order valence-corrected chi connectivity index (χ0v) is 14.1. The summed E-state index contributed by atoms with van der Waals surface area (Å²) < 4.78 is 0. The van der Waals surface area contributed by atoms with E-state index in [1.807, 2.05) is 0 Å². The summed E-state index contributed by atoms with van der Waals surface area (Å²) in [4.78, 5) is 11.6. The van der Waals surface area contributed by atoms with Crippen LogP contribution in [0, 0.1) is 10.8 Å². The molecule has 0 aromatic rings. The van der Waals surface area contributed by atoms with Gasteiger partial charge >= 0.3 is 0 Å². The summed E-state index contributed by atoms with van der Waals surface area (Å²) >= 11 is 0. The third-order valence-electron chi connectivity index (χ3n) is 3.28. The van der Waals surface area contributed by atoms with E-state index in [-0.39, 0.29) is 5.91 Å². The molecule has 0 saturated heterocycles. The monoisotopic (exact) mass is 269 g/mol. The third kappa shape index (κ3) is 15.4. The van der Waals surface area contributed by atoms with E-state index in [0.29, 0.717) is 17.3 Å². The normalized spacial score (nSPS) is 12.5. The van der Waals surface area contributed by atoms with E-state index in [1.54, 1.807) is 0 Å². The molecule has 2 heteroatoms. The lowest BCUT2D eigenvalue weighted by Gasteiger charge is -2.18. The van der Waals surface area contributed by atoms with Crippen LogP contribution in [0.3, 0.4) is 0 Å². The van der Waals surface area contributed by atoms with Gasteiger partial charge in [0, 0.05) is 13.0 Å². The van der Waals surface area contributed by atoms with Gasteiger partial charge in [0.25, 0.3) is 0 Å². The summed E-state index contributed by atoms with van der Waals surface area (Å²) in [5, 5.41) is 3.02. The zero-order valence-electron chi connectivity index (χ0n) is 14.1. The zero-order chi connectivity index (χ0) is 14.9. The first kappa shape index (κ1) is 18.5. The molecule has 0 aliphatic heterocycles. The highest BCUT2D eigenvalue weighted by molar-refractivity contribution is 5.75. The highest BCUT2D eigenvalue weighted by Gasteiger charge is 2.11. The molecule has 19 heavy (non-hydrogen) atoms. The highest BCUT2D eigenvalue weighted by Crippen LogP contribution is 2.22. The average molecular weight is 269 g/mol. The minimum Gasteiger partial charge on any atom is -0.356 e. The molecular weight excluding hydrogens is 234 g/mol. The standard InChI is InChI=1S/C17H35NO/c1-16(2,3)12-10-8-7-9-11-15(19)18-14-13-17(4,5)6/h7-14H2,1-6H3,(H,18,19). The minimum atomic E-state index is 0.222. The van der Waals surface area contributed by atoms with Gasteiger partial charge < -0.3 is 5.32 Å². The Morgan fingerprint density at radius 3 is 1.84 bits per heavy atom. The van der Waals surface area contributed by atoms with Crippen molar-refractivity contribution in [3.8, 4) is 0 Å². The molecule has 1 N–H and O–H groups in total. The lowest BCUT2D eigenvalue weighted by Crippen LogP contribution is -2.26. The number of unbranched alkanes of at least 4 members (excludes halogenated alkanes) is 3. The molecule has 0 aromatic carbocycles. The number of rotatable bonds is 8. The van der Waals surface area contributed by atoms with Gasteiger partial charge in [0.2, 0.25) is 5.91 Å². The molecule has 0 fully saturated rings.